The molecule has 2 heterocycles. The molecule has 0 atom stereocenters. The van der Waals surface area contributed by atoms with Crippen molar-refractivity contribution in [3.05, 3.63) is 171 Å². The van der Waals surface area contributed by atoms with Crippen LogP contribution in [0.15, 0.2) is 116 Å². The minimum absolute atomic E-state index is 0.244. The van der Waals surface area contributed by atoms with Crippen LogP contribution in [0.1, 0.15) is 60.4 Å². The van der Waals surface area contributed by atoms with Crippen molar-refractivity contribution in [2.75, 3.05) is 27.2 Å². The molecule has 6 heteroatoms. The molecule has 6 nitrogen and oxygen atoms in total. The third-order valence-corrected chi connectivity index (χ3v) is 12.0. The fraction of sp³-hybridized carbons (Fsp3) is 0.133. The van der Waals surface area contributed by atoms with Crippen molar-refractivity contribution >= 4 is 34.7 Å². The average Bonchev–Trinajstić information content (AvgIpc) is 3.63. The first-order valence-electron chi connectivity index (χ1n) is 17.5. The highest BCUT2D eigenvalue weighted by Crippen LogP contribution is 2.63. The Hall–Kier alpha value is -6.11. The van der Waals surface area contributed by atoms with Crippen LogP contribution in [0.25, 0.3) is 28.3 Å². The van der Waals surface area contributed by atoms with Crippen molar-refractivity contribution in [1.29, 1.82) is 0 Å². The Morgan fingerprint density at radius 1 is 0.706 bits per heavy atom. The SMILES string of the molecule is C=Cc1ccc2c(c1)C1(c3ccccc3-c3ccccc31)c1cc(C(=O)N(N)c3ccc4c(c3C)CN3CN4Cc4c3ccc(N)c4C)ccc1-2. The summed E-state index contributed by atoms with van der Waals surface area (Å²) in [6, 6.07) is 38.3. The fourth-order valence-electron chi connectivity index (χ4n) is 9.42. The molecule has 2 aliphatic heterocycles. The van der Waals surface area contributed by atoms with Crippen LogP contribution in [0.4, 0.5) is 22.7 Å². The van der Waals surface area contributed by atoms with Gasteiger partial charge >= 0.3 is 0 Å². The van der Waals surface area contributed by atoms with Crippen molar-refractivity contribution in [2.24, 2.45) is 5.84 Å². The van der Waals surface area contributed by atoms with Crippen LogP contribution >= 0.6 is 0 Å². The molecule has 0 saturated carbocycles. The Morgan fingerprint density at radius 3 is 1.94 bits per heavy atom. The van der Waals surface area contributed by atoms with Gasteiger partial charge in [0.05, 0.1) is 17.8 Å². The maximum atomic E-state index is 14.5. The molecular formula is C45H37N5O. The molecule has 51 heavy (non-hydrogen) atoms. The lowest BCUT2D eigenvalue weighted by atomic mass is 9.70. The summed E-state index contributed by atoms with van der Waals surface area (Å²) in [5, 5.41) is 1.34. The quantitative estimate of drug-likeness (QED) is 0.0856. The molecule has 1 amide bonds. The van der Waals surface area contributed by atoms with E-state index in [0.29, 0.717) is 11.3 Å². The molecule has 248 valence electrons. The van der Waals surface area contributed by atoms with E-state index in [1.54, 1.807) is 0 Å². The molecule has 0 fully saturated rings. The third-order valence-electron chi connectivity index (χ3n) is 12.0. The van der Waals surface area contributed by atoms with Crippen molar-refractivity contribution in [3.8, 4) is 22.3 Å². The van der Waals surface area contributed by atoms with Crippen LogP contribution in [-0.4, -0.2) is 12.6 Å². The van der Waals surface area contributed by atoms with Crippen LogP contribution in [0.5, 0.6) is 0 Å². The maximum absolute atomic E-state index is 14.5. The highest BCUT2D eigenvalue weighted by atomic mass is 16.2. The predicted molar refractivity (Wildman–Crippen MR) is 208 cm³/mol. The highest BCUT2D eigenvalue weighted by molar-refractivity contribution is 6.07. The number of hydrogen-bond acceptors (Lipinski definition) is 5. The Kier molecular flexibility index (Phi) is 6.10. The second-order valence-electron chi connectivity index (χ2n) is 14.3. The standard InChI is InChI=1S/C45H37N5O/c1-4-28-13-15-32-33-16-14-29(22-39(33)45(38(32)21-28)36-11-7-5-9-30(36)31-10-6-8-12-37(31)45)44(51)50(47)41-19-20-43-35(27(41)3)24-49-25-48(43)23-34-26(2)40(46)17-18-42(34)49/h4-22H,1,23-25,46-47H2,2-3H3. The van der Waals surface area contributed by atoms with Crippen LogP contribution < -0.4 is 26.4 Å². The molecule has 6 aromatic rings. The van der Waals surface area contributed by atoms with Gasteiger partial charge in [-0.3, -0.25) is 4.79 Å². The van der Waals surface area contributed by atoms with Gasteiger partial charge in [0.1, 0.15) is 0 Å². The average molecular weight is 664 g/mol. The molecule has 0 saturated heterocycles. The number of nitrogens with zero attached hydrogens (tertiary/aromatic N) is 3. The molecule has 4 N–H and O–H groups in total. The van der Waals surface area contributed by atoms with Crippen LogP contribution in [0, 0.1) is 13.8 Å². The van der Waals surface area contributed by atoms with E-state index in [1.807, 2.05) is 24.3 Å². The zero-order valence-corrected chi connectivity index (χ0v) is 28.7. The summed E-state index contributed by atoms with van der Waals surface area (Å²) < 4.78 is 0. The first-order valence-corrected chi connectivity index (χ1v) is 17.5. The second kappa shape index (κ2) is 10.5. The van der Waals surface area contributed by atoms with Gasteiger partial charge in [0.25, 0.3) is 5.91 Å². The van der Waals surface area contributed by atoms with Crippen molar-refractivity contribution in [1.82, 2.24) is 0 Å². The first-order chi connectivity index (χ1) is 24.8. The summed E-state index contributed by atoms with van der Waals surface area (Å²) in [5.74, 6) is 6.59. The van der Waals surface area contributed by atoms with E-state index in [-0.39, 0.29) is 5.91 Å². The number of hydrazine groups is 1. The number of carbonyl (C=O) groups is 1. The van der Waals surface area contributed by atoms with Gasteiger partial charge in [-0.2, -0.15) is 0 Å². The van der Waals surface area contributed by atoms with Crippen molar-refractivity contribution < 1.29 is 4.79 Å². The molecule has 2 bridgehead atoms. The van der Waals surface area contributed by atoms with Gasteiger partial charge < -0.3 is 15.5 Å². The Bertz CT molecular complexity index is 2490. The molecule has 0 radical (unpaired) electrons. The Morgan fingerprint density at radius 2 is 1.27 bits per heavy atom. The molecule has 4 aliphatic rings. The number of anilines is 4. The lowest BCUT2D eigenvalue weighted by Crippen LogP contribution is -2.47. The normalized spacial score (nSPS) is 15.0. The highest BCUT2D eigenvalue weighted by Gasteiger charge is 2.52. The molecule has 2 aliphatic carbocycles. The number of nitrogens with two attached hydrogens (primary N) is 2. The van der Waals surface area contributed by atoms with E-state index < -0.39 is 5.41 Å². The molecule has 0 unspecified atom stereocenters. The summed E-state index contributed by atoms with van der Waals surface area (Å²) in [5.41, 5.74) is 25.4. The van der Waals surface area contributed by atoms with Gasteiger partial charge in [-0.1, -0.05) is 79.4 Å². The van der Waals surface area contributed by atoms with E-state index >= 15 is 0 Å². The van der Waals surface area contributed by atoms with Crippen LogP contribution in [0.2, 0.25) is 0 Å². The largest absolute Gasteiger partial charge is 0.399 e. The van der Waals surface area contributed by atoms with E-state index in [0.717, 1.165) is 53.3 Å². The summed E-state index contributed by atoms with van der Waals surface area (Å²) >= 11 is 0. The Balaban J connectivity index is 1.08. The predicted octanol–water partition coefficient (Wildman–Crippen LogP) is 8.69. The van der Waals surface area contributed by atoms with Crippen molar-refractivity contribution in [2.45, 2.75) is 32.4 Å². The van der Waals surface area contributed by atoms with E-state index in [4.69, 9.17) is 11.6 Å². The number of benzene rings is 6. The minimum Gasteiger partial charge on any atom is -0.399 e. The molecule has 1 spiro atoms. The van der Waals surface area contributed by atoms with E-state index in [2.05, 4.69) is 121 Å². The lowest BCUT2D eigenvalue weighted by molar-refractivity contribution is 0.0986. The number of carbonyl (C=O) groups excluding carboxylic acids is 1. The van der Waals surface area contributed by atoms with Gasteiger partial charge in [0, 0.05) is 35.7 Å². The van der Waals surface area contributed by atoms with Gasteiger partial charge in [-0.25, -0.2) is 10.9 Å². The molecular weight excluding hydrogens is 627 g/mol. The van der Waals surface area contributed by atoms with Gasteiger partial charge in [-0.15, -0.1) is 0 Å². The summed E-state index contributed by atoms with van der Waals surface area (Å²) in [6.07, 6.45) is 1.91. The number of fused-ring (bicyclic) bond motifs is 16. The smallest absolute Gasteiger partial charge is 0.272 e. The summed E-state index contributed by atoms with van der Waals surface area (Å²) in [7, 11) is 0. The Labute approximate surface area is 297 Å². The molecule has 0 aromatic heterocycles. The minimum atomic E-state index is -0.575. The number of nitrogen functional groups attached to an aromatic ring is 1. The second-order valence-corrected chi connectivity index (χ2v) is 14.3. The van der Waals surface area contributed by atoms with Crippen LogP contribution in [0.3, 0.4) is 0 Å². The summed E-state index contributed by atoms with van der Waals surface area (Å²) in [4.78, 5) is 19.3. The van der Waals surface area contributed by atoms with Gasteiger partial charge in [-0.05, 0) is 129 Å². The zero-order chi connectivity index (χ0) is 34.8. The molecule has 6 aromatic carbocycles. The monoisotopic (exact) mass is 663 g/mol. The third kappa shape index (κ3) is 3.83. The van der Waals surface area contributed by atoms with E-state index in [9.17, 15) is 4.79 Å². The lowest BCUT2D eigenvalue weighted by Gasteiger charge is -2.46. The topological polar surface area (TPSA) is 78.8 Å². The fourth-order valence-corrected chi connectivity index (χ4v) is 9.42. The van der Waals surface area contributed by atoms with Crippen LogP contribution in [-0.2, 0) is 18.5 Å². The maximum Gasteiger partial charge on any atom is 0.272 e. The van der Waals surface area contributed by atoms with Gasteiger partial charge in [0.2, 0.25) is 0 Å². The van der Waals surface area contributed by atoms with Crippen molar-refractivity contribution in [3.63, 3.8) is 0 Å². The zero-order valence-electron chi connectivity index (χ0n) is 28.7. The number of hydrogen-bond donors (Lipinski definition) is 2. The summed E-state index contributed by atoms with van der Waals surface area (Å²) in [6.45, 7) is 10.6. The number of amides is 1. The number of rotatable bonds is 3. The first kappa shape index (κ1) is 29.8. The van der Waals surface area contributed by atoms with Gasteiger partial charge in [0.15, 0.2) is 0 Å². The van der Waals surface area contributed by atoms with E-state index in [1.165, 1.54) is 60.9 Å². The molecule has 10 rings (SSSR count).